The van der Waals surface area contributed by atoms with Crippen molar-refractivity contribution < 1.29 is 4.79 Å². The second kappa shape index (κ2) is 11.6. The SMILES string of the molecule is CN=C(NCCNC(=O)c1cccc(C)c1)NCC1CCCS1.I. The first kappa shape index (κ1) is 21.1. The Morgan fingerprint density at radius 1 is 1.29 bits per heavy atom. The van der Waals surface area contributed by atoms with E-state index in [1.165, 1.54) is 18.6 Å². The van der Waals surface area contributed by atoms with Crippen molar-refractivity contribution in [3.63, 3.8) is 0 Å². The van der Waals surface area contributed by atoms with E-state index < -0.39 is 0 Å². The van der Waals surface area contributed by atoms with Crippen LogP contribution in [0.5, 0.6) is 0 Å². The minimum Gasteiger partial charge on any atom is -0.355 e. The van der Waals surface area contributed by atoms with Gasteiger partial charge in [-0.05, 0) is 37.7 Å². The van der Waals surface area contributed by atoms with Crippen LogP contribution in [0, 0.1) is 6.92 Å². The standard InChI is InChI=1S/C17H26N4OS.HI/c1-13-5-3-6-14(11-13)16(22)19-8-9-20-17(18-2)21-12-15-7-4-10-23-15;/h3,5-6,11,15H,4,7-10,12H2,1-2H3,(H,19,22)(H2,18,20,21);1H. The number of aliphatic imine (C=N–C) groups is 1. The highest BCUT2D eigenvalue weighted by atomic mass is 127. The number of amides is 1. The van der Waals surface area contributed by atoms with Gasteiger partial charge in [-0.25, -0.2) is 0 Å². The number of benzene rings is 1. The number of halogens is 1. The van der Waals surface area contributed by atoms with Crippen LogP contribution in [0.25, 0.3) is 0 Å². The van der Waals surface area contributed by atoms with Crippen molar-refractivity contribution in [2.75, 3.05) is 32.4 Å². The molecule has 1 unspecified atom stereocenters. The van der Waals surface area contributed by atoms with Crippen LogP contribution in [0.4, 0.5) is 0 Å². The van der Waals surface area contributed by atoms with Crippen molar-refractivity contribution in [1.82, 2.24) is 16.0 Å². The van der Waals surface area contributed by atoms with Gasteiger partial charge in [0.15, 0.2) is 5.96 Å². The van der Waals surface area contributed by atoms with Crippen LogP contribution in [-0.4, -0.2) is 49.6 Å². The molecule has 0 bridgehead atoms. The first-order chi connectivity index (χ1) is 11.2. The van der Waals surface area contributed by atoms with E-state index in [-0.39, 0.29) is 29.9 Å². The highest BCUT2D eigenvalue weighted by molar-refractivity contribution is 14.0. The van der Waals surface area contributed by atoms with Crippen molar-refractivity contribution >= 4 is 47.6 Å². The Morgan fingerprint density at radius 2 is 2.08 bits per heavy atom. The summed E-state index contributed by atoms with van der Waals surface area (Å²) in [5.41, 5.74) is 1.79. The minimum atomic E-state index is -0.0409. The van der Waals surface area contributed by atoms with Gasteiger partial charge < -0.3 is 16.0 Å². The second-order valence-corrected chi connectivity index (χ2v) is 7.05. The number of hydrogen-bond acceptors (Lipinski definition) is 3. The predicted molar refractivity (Wildman–Crippen MR) is 114 cm³/mol. The molecule has 1 aliphatic rings. The molecule has 2 rings (SSSR count). The molecule has 134 valence electrons. The molecular formula is C17H27IN4OS. The number of guanidine groups is 1. The van der Waals surface area contributed by atoms with Gasteiger partial charge in [-0.2, -0.15) is 11.8 Å². The van der Waals surface area contributed by atoms with Crippen LogP contribution in [0.2, 0.25) is 0 Å². The Labute approximate surface area is 165 Å². The lowest BCUT2D eigenvalue weighted by Gasteiger charge is -2.15. The van der Waals surface area contributed by atoms with E-state index in [1.807, 2.05) is 43.0 Å². The quantitative estimate of drug-likeness (QED) is 0.263. The summed E-state index contributed by atoms with van der Waals surface area (Å²) in [7, 11) is 1.77. The summed E-state index contributed by atoms with van der Waals surface area (Å²) in [6, 6.07) is 7.60. The lowest BCUT2D eigenvalue weighted by Crippen LogP contribution is -2.43. The molecule has 1 fully saturated rings. The molecule has 1 aliphatic heterocycles. The predicted octanol–water partition coefficient (Wildman–Crippen LogP) is 2.40. The summed E-state index contributed by atoms with van der Waals surface area (Å²) in [6.45, 7) is 4.14. The summed E-state index contributed by atoms with van der Waals surface area (Å²) < 4.78 is 0. The smallest absolute Gasteiger partial charge is 0.251 e. The molecular weight excluding hydrogens is 435 g/mol. The lowest BCUT2D eigenvalue weighted by molar-refractivity contribution is 0.0954. The van der Waals surface area contributed by atoms with Crippen LogP contribution in [0.3, 0.4) is 0 Å². The molecule has 7 heteroatoms. The van der Waals surface area contributed by atoms with E-state index in [0.29, 0.717) is 23.9 Å². The number of nitrogens with zero attached hydrogens (tertiary/aromatic N) is 1. The van der Waals surface area contributed by atoms with Crippen LogP contribution < -0.4 is 16.0 Å². The summed E-state index contributed by atoms with van der Waals surface area (Å²) in [5, 5.41) is 10.2. The first-order valence-corrected chi connectivity index (χ1v) is 9.15. The van der Waals surface area contributed by atoms with Gasteiger partial charge in [-0.15, -0.1) is 24.0 Å². The van der Waals surface area contributed by atoms with Crippen LogP contribution in [0.1, 0.15) is 28.8 Å². The van der Waals surface area contributed by atoms with Crippen molar-refractivity contribution in [2.45, 2.75) is 25.0 Å². The van der Waals surface area contributed by atoms with Crippen molar-refractivity contribution in [1.29, 1.82) is 0 Å². The molecule has 0 radical (unpaired) electrons. The van der Waals surface area contributed by atoms with Crippen LogP contribution >= 0.6 is 35.7 Å². The van der Waals surface area contributed by atoms with E-state index in [9.17, 15) is 4.79 Å². The van der Waals surface area contributed by atoms with Gasteiger partial charge in [0, 0.05) is 37.5 Å². The molecule has 1 amide bonds. The molecule has 1 saturated heterocycles. The molecule has 3 N–H and O–H groups in total. The molecule has 0 saturated carbocycles. The van der Waals surface area contributed by atoms with Gasteiger partial charge in [-0.1, -0.05) is 17.7 Å². The normalized spacial score (nSPS) is 17.1. The maximum atomic E-state index is 12.0. The zero-order chi connectivity index (χ0) is 16.5. The van der Waals surface area contributed by atoms with Gasteiger partial charge in [0.25, 0.3) is 5.91 Å². The highest BCUT2D eigenvalue weighted by Crippen LogP contribution is 2.25. The van der Waals surface area contributed by atoms with Crippen LogP contribution in [0.15, 0.2) is 29.3 Å². The third-order valence-corrected chi connectivity index (χ3v) is 5.13. The number of rotatable bonds is 6. The van der Waals surface area contributed by atoms with E-state index in [4.69, 9.17) is 0 Å². The summed E-state index contributed by atoms with van der Waals surface area (Å²) >= 11 is 2.02. The highest BCUT2D eigenvalue weighted by Gasteiger charge is 2.15. The fourth-order valence-electron chi connectivity index (χ4n) is 2.48. The monoisotopic (exact) mass is 462 g/mol. The van der Waals surface area contributed by atoms with Gasteiger partial charge in [0.05, 0.1) is 0 Å². The van der Waals surface area contributed by atoms with Crippen molar-refractivity contribution in [3.05, 3.63) is 35.4 Å². The van der Waals surface area contributed by atoms with E-state index in [1.54, 1.807) is 7.05 Å². The molecule has 24 heavy (non-hydrogen) atoms. The molecule has 5 nitrogen and oxygen atoms in total. The third kappa shape index (κ3) is 7.29. The largest absolute Gasteiger partial charge is 0.355 e. The Hall–Kier alpha value is -0.960. The Bertz CT molecular complexity index is 547. The summed E-state index contributed by atoms with van der Waals surface area (Å²) in [6.07, 6.45) is 2.59. The lowest BCUT2D eigenvalue weighted by atomic mass is 10.1. The molecule has 0 aliphatic carbocycles. The number of hydrogen-bond donors (Lipinski definition) is 3. The molecule has 1 heterocycles. The van der Waals surface area contributed by atoms with E-state index in [2.05, 4.69) is 20.9 Å². The Balaban J connectivity index is 0.00000288. The Kier molecular flexibility index (Phi) is 10.2. The second-order valence-electron chi connectivity index (χ2n) is 5.64. The molecule has 1 aromatic carbocycles. The van der Waals surface area contributed by atoms with E-state index in [0.717, 1.165) is 18.1 Å². The molecule has 1 aromatic rings. The third-order valence-electron chi connectivity index (χ3n) is 3.73. The topological polar surface area (TPSA) is 65.5 Å². The summed E-state index contributed by atoms with van der Waals surface area (Å²) in [5.74, 6) is 2.02. The fourth-order valence-corrected chi connectivity index (χ4v) is 3.68. The molecule has 1 atom stereocenters. The van der Waals surface area contributed by atoms with Gasteiger partial charge in [0.1, 0.15) is 0 Å². The number of aryl methyl sites for hydroxylation is 1. The van der Waals surface area contributed by atoms with Crippen molar-refractivity contribution in [2.24, 2.45) is 4.99 Å². The zero-order valence-corrected chi connectivity index (χ0v) is 17.4. The number of thioether (sulfide) groups is 1. The minimum absolute atomic E-state index is 0. The molecule has 0 aromatic heterocycles. The van der Waals surface area contributed by atoms with Gasteiger partial charge in [0.2, 0.25) is 0 Å². The maximum Gasteiger partial charge on any atom is 0.251 e. The van der Waals surface area contributed by atoms with E-state index >= 15 is 0 Å². The first-order valence-electron chi connectivity index (χ1n) is 8.10. The number of carbonyl (C=O) groups excluding carboxylic acids is 1. The van der Waals surface area contributed by atoms with Crippen molar-refractivity contribution in [3.8, 4) is 0 Å². The fraction of sp³-hybridized carbons (Fsp3) is 0.529. The summed E-state index contributed by atoms with van der Waals surface area (Å²) in [4.78, 5) is 16.2. The van der Waals surface area contributed by atoms with Gasteiger partial charge in [-0.3, -0.25) is 9.79 Å². The zero-order valence-electron chi connectivity index (χ0n) is 14.3. The van der Waals surface area contributed by atoms with Crippen LogP contribution in [-0.2, 0) is 0 Å². The maximum absolute atomic E-state index is 12.0. The number of carbonyl (C=O) groups is 1. The Morgan fingerprint density at radius 3 is 2.75 bits per heavy atom. The number of nitrogens with one attached hydrogen (secondary N) is 3. The van der Waals surface area contributed by atoms with Gasteiger partial charge >= 0.3 is 0 Å². The average molecular weight is 462 g/mol. The molecule has 0 spiro atoms. The average Bonchev–Trinajstić information content (AvgIpc) is 3.07.